The first-order valence-electron chi connectivity index (χ1n) is 11.1. The number of amides is 1. The normalized spacial score (nSPS) is 12.6. The highest BCUT2D eigenvalue weighted by Gasteiger charge is 2.28. The van der Waals surface area contributed by atoms with Crippen molar-refractivity contribution in [3.63, 3.8) is 0 Å². The molecule has 0 aliphatic carbocycles. The lowest BCUT2D eigenvalue weighted by Crippen LogP contribution is -2.41. The Bertz CT molecular complexity index is 1220. The minimum absolute atomic E-state index is 0.0358. The van der Waals surface area contributed by atoms with Crippen LogP contribution in [-0.2, 0) is 20.2 Å². The van der Waals surface area contributed by atoms with E-state index in [1.807, 2.05) is 19.1 Å². The number of hydrogen-bond acceptors (Lipinski definition) is 4. The fourth-order valence-corrected chi connectivity index (χ4v) is 5.01. The molecule has 1 atom stereocenters. The molecule has 3 aromatic carbocycles. The summed E-state index contributed by atoms with van der Waals surface area (Å²) >= 11 is 0. The van der Waals surface area contributed by atoms with Crippen LogP contribution in [0.1, 0.15) is 44.9 Å². The van der Waals surface area contributed by atoms with Crippen molar-refractivity contribution in [1.29, 1.82) is 0 Å². The highest BCUT2D eigenvalue weighted by Crippen LogP contribution is 2.27. The number of sulfonamides is 1. The Morgan fingerprint density at radius 2 is 1.62 bits per heavy atom. The summed E-state index contributed by atoms with van der Waals surface area (Å²) in [5.41, 5.74) is 2.53. The molecule has 0 saturated heterocycles. The molecule has 180 valence electrons. The maximum Gasteiger partial charge on any atom is 0.264 e. The summed E-state index contributed by atoms with van der Waals surface area (Å²) in [6.07, 6.45) is 0. The number of carbonyl (C=O) groups excluding carboxylic acids is 1. The van der Waals surface area contributed by atoms with E-state index in [0.717, 1.165) is 9.87 Å². The molecule has 7 heteroatoms. The van der Waals surface area contributed by atoms with Gasteiger partial charge in [0.15, 0.2) is 0 Å². The summed E-state index contributed by atoms with van der Waals surface area (Å²) in [7, 11) is -2.47. The molecular formula is C27H32N2O4S. The van der Waals surface area contributed by atoms with Crippen LogP contribution in [0.15, 0.2) is 83.8 Å². The zero-order valence-electron chi connectivity index (χ0n) is 20.3. The van der Waals surface area contributed by atoms with E-state index >= 15 is 0 Å². The first-order valence-corrected chi connectivity index (χ1v) is 12.6. The number of nitrogens with zero attached hydrogens (tertiary/aromatic N) is 1. The van der Waals surface area contributed by atoms with Crippen LogP contribution in [0, 0.1) is 0 Å². The standard InChI is InChI=1S/C27H32N2O4S/c1-20(21-14-16-22(17-15-21)27(2,3)4)28-26(30)19-29(23-10-9-11-24(18-23)33-5)34(31,32)25-12-7-6-8-13-25/h6-18,20H,19H2,1-5H3,(H,28,30). The Hall–Kier alpha value is -3.32. The molecule has 0 aliphatic rings. The number of nitrogens with one attached hydrogen (secondary N) is 1. The van der Waals surface area contributed by atoms with Crippen molar-refractivity contribution in [1.82, 2.24) is 5.32 Å². The fraction of sp³-hybridized carbons (Fsp3) is 0.296. The monoisotopic (exact) mass is 480 g/mol. The molecule has 0 fully saturated rings. The van der Waals surface area contributed by atoms with Crippen LogP contribution in [0.2, 0.25) is 0 Å². The Morgan fingerprint density at radius 3 is 2.21 bits per heavy atom. The van der Waals surface area contributed by atoms with Gasteiger partial charge >= 0.3 is 0 Å². The molecule has 3 aromatic rings. The van der Waals surface area contributed by atoms with Crippen LogP contribution in [0.5, 0.6) is 5.75 Å². The number of carbonyl (C=O) groups is 1. The van der Waals surface area contributed by atoms with E-state index in [4.69, 9.17) is 4.74 Å². The molecule has 0 aliphatic heterocycles. The first-order chi connectivity index (χ1) is 16.0. The van der Waals surface area contributed by atoms with Gasteiger partial charge in [-0.15, -0.1) is 0 Å². The fourth-order valence-electron chi connectivity index (χ4n) is 3.57. The topological polar surface area (TPSA) is 75.7 Å². The summed E-state index contributed by atoms with van der Waals surface area (Å²) in [6.45, 7) is 7.95. The largest absolute Gasteiger partial charge is 0.497 e. The second-order valence-corrected chi connectivity index (χ2v) is 11.0. The molecule has 0 aromatic heterocycles. The van der Waals surface area contributed by atoms with E-state index in [0.29, 0.717) is 11.4 Å². The predicted octanol–water partition coefficient (Wildman–Crippen LogP) is 5.07. The van der Waals surface area contributed by atoms with E-state index in [1.165, 1.54) is 24.8 Å². The minimum Gasteiger partial charge on any atom is -0.497 e. The summed E-state index contributed by atoms with van der Waals surface area (Å²) in [6, 6.07) is 22.5. The third-order valence-corrected chi connectivity index (χ3v) is 7.40. The maximum absolute atomic E-state index is 13.5. The zero-order valence-corrected chi connectivity index (χ0v) is 21.1. The molecule has 1 unspecified atom stereocenters. The number of anilines is 1. The van der Waals surface area contributed by atoms with Crippen LogP contribution < -0.4 is 14.4 Å². The minimum atomic E-state index is -3.98. The van der Waals surface area contributed by atoms with Gasteiger partial charge < -0.3 is 10.1 Å². The van der Waals surface area contributed by atoms with Crippen molar-refractivity contribution < 1.29 is 17.9 Å². The Kier molecular flexibility index (Phi) is 7.67. The van der Waals surface area contributed by atoms with Crippen molar-refractivity contribution >= 4 is 21.6 Å². The second-order valence-electron chi connectivity index (χ2n) is 9.19. The molecular weight excluding hydrogens is 448 g/mol. The van der Waals surface area contributed by atoms with Gasteiger partial charge in [0, 0.05) is 6.07 Å². The Balaban J connectivity index is 1.85. The van der Waals surface area contributed by atoms with Crippen LogP contribution in [-0.4, -0.2) is 28.0 Å². The zero-order chi connectivity index (χ0) is 24.9. The molecule has 6 nitrogen and oxygen atoms in total. The van der Waals surface area contributed by atoms with Crippen molar-refractivity contribution in [2.75, 3.05) is 18.0 Å². The van der Waals surface area contributed by atoms with Gasteiger partial charge in [0.2, 0.25) is 5.91 Å². The number of methoxy groups -OCH3 is 1. The van der Waals surface area contributed by atoms with Gasteiger partial charge in [0.25, 0.3) is 10.0 Å². The lowest BCUT2D eigenvalue weighted by Gasteiger charge is -2.25. The highest BCUT2D eigenvalue weighted by molar-refractivity contribution is 7.92. The molecule has 34 heavy (non-hydrogen) atoms. The SMILES string of the molecule is COc1cccc(N(CC(=O)NC(C)c2ccc(C(C)(C)C)cc2)S(=O)(=O)c2ccccc2)c1. The van der Waals surface area contributed by atoms with Gasteiger partial charge in [-0.25, -0.2) is 8.42 Å². The van der Waals surface area contributed by atoms with Gasteiger partial charge in [0.05, 0.1) is 23.7 Å². The van der Waals surface area contributed by atoms with E-state index in [-0.39, 0.29) is 22.9 Å². The molecule has 1 amide bonds. The van der Waals surface area contributed by atoms with Gasteiger partial charge in [0.1, 0.15) is 12.3 Å². The summed E-state index contributed by atoms with van der Waals surface area (Å²) < 4.78 is 33.3. The molecule has 0 heterocycles. The lowest BCUT2D eigenvalue weighted by atomic mass is 9.86. The van der Waals surface area contributed by atoms with Gasteiger partial charge in [-0.1, -0.05) is 69.3 Å². The van der Waals surface area contributed by atoms with Crippen LogP contribution in [0.3, 0.4) is 0 Å². The average Bonchev–Trinajstić information content (AvgIpc) is 2.82. The number of rotatable bonds is 8. The molecule has 0 spiro atoms. The van der Waals surface area contributed by atoms with E-state index in [2.05, 4.69) is 38.2 Å². The van der Waals surface area contributed by atoms with E-state index in [1.54, 1.807) is 42.5 Å². The lowest BCUT2D eigenvalue weighted by molar-refractivity contribution is -0.120. The summed E-state index contributed by atoms with van der Waals surface area (Å²) in [5, 5.41) is 2.93. The predicted molar refractivity (Wildman–Crippen MR) is 136 cm³/mol. The number of ether oxygens (including phenoxy) is 1. The van der Waals surface area contributed by atoms with Crippen molar-refractivity contribution in [2.24, 2.45) is 0 Å². The van der Waals surface area contributed by atoms with Crippen LogP contribution in [0.4, 0.5) is 5.69 Å². The second kappa shape index (κ2) is 10.3. The van der Waals surface area contributed by atoms with E-state index < -0.39 is 15.9 Å². The van der Waals surface area contributed by atoms with Crippen LogP contribution >= 0.6 is 0 Å². The molecule has 1 N–H and O–H groups in total. The summed E-state index contributed by atoms with van der Waals surface area (Å²) in [4.78, 5) is 13.1. The Morgan fingerprint density at radius 1 is 0.971 bits per heavy atom. The third-order valence-electron chi connectivity index (χ3n) is 5.61. The molecule has 0 saturated carbocycles. The van der Waals surface area contributed by atoms with Gasteiger partial charge in [-0.3, -0.25) is 9.10 Å². The third kappa shape index (κ3) is 5.97. The molecule has 0 radical (unpaired) electrons. The number of hydrogen-bond donors (Lipinski definition) is 1. The average molecular weight is 481 g/mol. The van der Waals surface area contributed by atoms with Crippen LogP contribution in [0.25, 0.3) is 0 Å². The van der Waals surface area contributed by atoms with Crippen molar-refractivity contribution in [2.45, 2.75) is 44.0 Å². The molecule has 0 bridgehead atoms. The Labute approximate surface area is 202 Å². The maximum atomic E-state index is 13.5. The van der Waals surface area contributed by atoms with E-state index in [9.17, 15) is 13.2 Å². The highest BCUT2D eigenvalue weighted by atomic mass is 32.2. The van der Waals surface area contributed by atoms with Crippen molar-refractivity contribution in [3.05, 3.63) is 90.0 Å². The smallest absolute Gasteiger partial charge is 0.264 e. The quantitative estimate of drug-likeness (QED) is 0.489. The van der Waals surface area contributed by atoms with Crippen molar-refractivity contribution in [3.8, 4) is 5.75 Å². The summed E-state index contributed by atoms with van der Waals surface area (Å²) in [5.74, 6) is 0.0909. The van der Waals surface area contributed by atoms with Gasteiger partial charge in [-0.2, -0.15) is 0 Å². The first kappa shape index (κ1) is 25.3. The van der Waals surface area contributed by atoms with Gasteiger partial charge in [-0.05, 0) is 47.7 Å². The molecule has 3 rings (SSSR count). The number of benzene rings is 3.